The SMILES string of the molecule is O=[C]Oc1ccc2c(C(F)(F)F)cc(=O)oc2c1. The summed E-state index contributed by atoms with van der Waals surface area (Å²) in [7, 11) is 0. The number of benzene rings is 1. The van der Waals surface area contributed by atoms with Crippen molar-refractivity contribution in [2.75, 3.05) is 0 Å². The van der Waals surface area contributed by atoms with Crippen molar-refractivity contribution in [1.82, 2.24) is 0 Å². The van der Waals surface area contributed by atoms with Crippen LogP contribution >= 0.6 is 0 Å². The average Bonchev–Trinajstić information content (AvgIpc) is 2.26. The molecule has 0 unspecified atom stereocenters. The fourth-order valence-electron chi connectivity index (χ4n) is 1.49. The van der Waals surface area contributed by atoms with Gasteiger partial charge in [0.1, 0.15) is 11.3 Å². The zero-order valence-corrected chi connectivity index (χ0v) is 8.58. The van der Waals surface area contributed by atoms with Crippen molar-refractivity contribution in [2.45, 2.75) is 6.18 Å². The number of carbonyl (C=O) groups excluding carboxylic acids is 1. The number of fused-ring (bicyclic) bond motifs is 1. The van der Waals surface area contributed by atoms with E-state index < -0.39 is 17.4 Å². The summed E-state index contributed by atoms with van der Waals surface area (Å²) in [5, 5.41) is -0.291. The molecular weight excluding hydrogens is 253 g/mol. The van der Waals surface area contributed by atoms with Gasteiger partial charge >= 0.3 is 18.3 Å². The van der Waals surface area contributed by atoms with Crippen molar-refractivity contribution < 1.29 is 27.1 Å². The second-order valence-corrected chi connectivity index (χ2v) is 3.32. The van der Waals surface area contributed by atoms with E-state index in [1.54, 1.807) is 0 Å². The van der Waals surface area contributed by atoms with E-state index in [1.165, 1.54) is 0 Å². The van der Waals surface area contributed by atoms with Crippen LogP contribution in [0.2, 0.25) is 0 Å². The summed E-state index contributed by atoms with van der Waals surface area (Å²) in [6.07, 6.45) is -4.67. The first-order valence-electron chi connectivity index (χ1n) is 4.61. The van der Waals surface area contributed by atoms with E-state index in [0.29, 0.717) is 6.07 Å². The third kappa shape index (κ3) is 2.20. The molecule has 93 valence electrons. The summed E-state index contributed by atoms with van der Waals surface area (Å²) in [4.78, 5) is 21.0. The highest BCUT2D eigenvalue weighted by Crippen LogP contribution is 2.34. The highest BCUT2D eigenvalue weighted by Gasteiger charge is 2.33. The molecule has 0 saturated heterocycles. The number of rotatable bonds is 2. The fraction of sp³-hybridized carbons (Fsp3) is 0.0909. The first-order valence-corrected chi connectivity index (χ1v) is 4.61. The predicted molar refractivity (Wildman–Crippen MR) is 53.8 cm³/mol. The Balaban J connectivity index is 2.74. The molecule has 1 aromatic carbocycles. The minimum atomic E-state index is -4.67. The Labute approximate surface area is 97.6 Å². The molecule has 0 spiro atoms. The Kier molecular flexibility index (Phi) is 2.82. The van der Waals surface area contributed by atoms with Crippen LogP contribution in [0.15, 0.2) is 33.5 Å². The Morgan fingerprint density at radius 2 is 1.94 bits per heavy atom. The lowest BCUT2D eigenvalue weighted by molar-refractivity contribution is -0.136. The molecule has 0 fully saturated rings. The van der Waals surface area contributed by atoms with E-state index in [2.05, 4.69) is 9.15 Å². The van der Waals surface area contributed by atoms with Crippen molar-refractivity contribution in [3.05, 3.63) is 40.2 Å². The molecule has 0 bridgehead atoms. The minimum Gasteiger partial charge on any atom is -0.423 e. The van der Waals surface area contributed by atoms with Crippen LogP contribution in [0.25, 0.3) is 11.0 Å². The van der Waals surface area contributed by atoms with Gasteiger partial charge in [0.15, 0.2) is 0 Å². The van der Waals surface area contributed by atoms with Crippen LogP contribution in [-0.4, -0.2) is 6.47 Å². The zero-order valence-electron chi connectivity index (χ0n) is 8.58. The summed E-state index contributed by atoms with van der Waals surface area (Å²) in [5.41, 5.74) is -2.56. The zero-order chi connectivity index (χ0) is 13.3. The van der Waals surface area contributed by atoms with Crippen LogP contribution in [0.5, 0.6) is 5.75 Å². The van der Waals surface area contributed by atoms with Crippen molar-refractivity contribution in [1.29, 1.82) is 0 Å². The Bertz CT molecular complexity index is 657. The second-order valence-electron chi connectivity index (χ2n) is 3.32. The number of halogens is 3. The van der Waals surface area contributed by atoms with Gasteiger partial charge in [0.05, 0.1) is 5.56 Å². The summed E-state index contributed by atoms with van der Waals surface area (Å²) in [6, 6.07) is 3.57. The molecule has 2 aromatic rings. The second kappa shape index (κ2) is 4.17. The van der Waals surface area contributed by atoms with Gasteiger partial charge in [0.2, 0.25) is 0 Å². The standard InChI is InChI=1S/C11H4F3O4/c12-11(13,14)8-4-10(16)18-9-3-6(17-5-15)1-2-7(8)9/h1-4H. The van der Waals surface area contributed by atoms with Crippen molar-refractivity contribution in [3.8, 4) is 5.75 Å². The van der Waals surface area contributed by atoms with Gasteiger partial charge in [-0.05, 0) is 12.1 Å². The maximum Gasteiger partial charge on any atom is 0.423 e. The number of alkyl halides is 3. The molecular formula is C11H4F3O4. The maximum atomic E-state index is 12.7. The van der Waals surface area contributed by atoms with Gasteiger partial charge in [-0.3, -0.25) is 0 Å². The number of ether oxygens (including phenoxy) is 1. The summed E-state index contributed by atoms with van der Waals surface area (Å²) in [5.74, 6) is -0.0695. The van der Waals surface area contributed by atoms with E-state index in [-0.39, 0.29) is 16.7 Å². The first kappa shape index (κ1) is 12.2. The normalized spacial score (nSPS) is 11.5. The molecule has 4 nitrogen and oxygen atoms in total. The van der Waals surface area contributed by atoms with Crippen LogP contribution in [-0.2, 0) is 11.0 Å². The summed E-state index contributed by atoms with van der Waals surface area (Å²) >= 11 is 0. The van der Waals surface area contributed by atoms with E-state index >= 15 is 0 Å². The third-order valence-electron chi connectivity index (χ3n) is 2.18. The van der Waals surface area contributed by atoms with Gasteiger partial charge in [0.25, 0.3) is 0 Å². The van der Waals surface area contributed by atoms with Gasteiger partial charge < -0.3 is 9.15 Å². The minimum absolute atomic E-state index is 0.0695. The van der Waals surface area contributed by atoms with Crippen LogP contribution in [0.4, 0.5) is 13.2 Å². The van der Waals surface area contributed by atoms with Crippen LogP contribution in [0, 0.1) is 0 Å². The lowest BCUT2D eigenvalue weighted by atomic mass is 10.1. The van der Waals surface area contributed by atoms with Crippen molar-refractivity contribution in [3.63, 3.8) is 0 Å². The molecule has 0 atom stereocenters. The van der Waals surface area contributed by atoms with Gasteiger partial charge in [-0.1, -0.05) is 0 Å². The summed E-state index contributed by atoms with van der Waals surface area (Å²) in [6.45, 7) is 1.12. The lowest BCUT2D eigenvalue weighted by Crippen LogP contribution is -2.10. The van der Waals surface area contributed by atoms with Gasteiger partial charge in [0, 0.05) is 17.5 Å². The molecule has 0 aliphatic heterocycles. The van der Waals surface area contributed by atoms with Crippen molar-refractivity contribution >= 4 is 17.4 Å². The van der Waals surface area contributed by atoms with Gasteiger partial charge in [-0.25, -0.2) is 9.59 Å². The molecule has 1 heterocycles. The molecule has 1 aromatic heterocycles. The third-order valence-corrected chi connectivity index (χ3v) is 2.18. The smallest absolute Gasteiger partial charge is 0.423 e. The van der Waals surface area contributed by atoms with Gasteiger partial charge in [-0.2, -0.15) is 13.2 Å². The predicted octanol–water partition coefficient (Wildman–Crippen LogP) is 2.26. The highest BCUT2D eigenvalue weighted by atomic mass is 19.4. The van der Waals surface area contributed by atoms with Crippen LogP contribution in [0.3, 0.4) is 0 Å². The maximum absolute atomic E-state index is 12.7. The van der Waals surface area contributed by atoms with Crippen LogP contribution < -0.4 is 10.4 Å². The van der Waals surface area contributed by atoms with Crippen molar-refractivity contribution in [2.24, 2.45) is 0 Å². The molecule has 0 N–H and O–H groups in total. The van der Waals surface area contributed by atoms with E-state index in [1.807, 2.05) is 0 Å². The number of hydrogen-bond acceptors (Lipinski definition) is 4. The Morgan fingerprint density at radius 1 is 1.22 bits per heavy atom. The molecule has 2 rings (SSSR count). The first-order chi connectivity index (χ1) is 8.41. The monoisotopic (exact) mass is 257 g/mol. The largest absolute Gasteiger partial charge is 0.423 e. The summed E-state index contributed by atoms with van der Waals surface area (Å²) < 4.78 is 47.0. The van der Waals surface area contributed by atoms with Crippen LogP contribution in [0.1, 0.15) is 5.56 Å². The van der Waals surface area contributed by atoms with Gasteiger partial charge in [-0.15, -0.1) is 0 Å². The molecule has 7 heteroatoms. The van der Waals surface area contributed by atoms with E-state index in [0.717, 1.165) is 24.7 Å². The topological polar surface area (TPSA) is 56.5 Å². The molecule has 18 heavy (non-hydrogen) atoms. The molecule has 1 radical (unpaired) electrons. The highest BCUT2D eigenvalue weighted by molar-refractivity contribution is 5.82. The quantitative estimate of drug-likeness (QED) is 0.774. The average molecular weight is 257 g/mol. The molecule has 0 amide bonds. The lowest BCUT2D eigenvalue weighted by Gasteiger charge is -2.09. The Hall–Kier alpha value is -2.31. The Morgan fingerprint density at radius 3 is 2.56 bits per heavy atom. The fourth-order valence-corrected chi connectivity index (χ4v) is 1.49. The molecule has 0 aliphatic carbocycles. The molecule has 0 aliphatic rings. The number of hydrogen-bond donors (Lipinski definition) is 0. The molecule has 0 saturated carbocycles. The van der Waals surface area contributed by atoms with E-state index in [4.69, 9.17) is 0 Å². The van der Waals surface area contributed by atoms with E-state index in [9.17, 15) is 22.8 Å².